The molecule has 0 spiro atoms. The maximum absolute atomic E-state index is 7.88. The van der Waals surface area contributed by atoms with Crippen LogP contribution < -0.4 is 0 Å². The molecule has 0 atom stereocenters. The maximum atomic E-state index is 7.88. The van der Waals surface area contributed by atoms with Gasteiger partial charge in [0, 0.05) is 19.8 Å². The summed E-state index contributed by atoms with van der Waals surface area (Å²) in [6, 6.07) is 0. The minimum atomic E-state index is 0.250. The van der Waals surface area contributed by atoms with Gasteiger partial charge in [-0.1, -0.05) is 13.8 Å². The molecule has 0 fully saturated rings. The molecule has 3 heteroatoms. The second kappa shape index (κ2) is 32.7. The fourth-order valence-corrected chi connectivity index (χ4v) is 0. The van der Waals surface area contributed by atoms with Crippen molar-refractivity contribution in [2.45, 2.75) is 33.6 Å². The van der Waals surface area contributed by atoms with E-state index >= 15 is 0 Å². The fourth-order valence-electron chi connectivity index (χ4n) is 0. The third kappa shape index (κ3) is 174. The van der Waals surface area contributed by atoms with Gasteiger partial charge in [0.2, 0.25) is 0 Å². The van der Waals surface area contributed by atoms with E-state index in [1.807, 2.05) is 13.8 Å². The Balaban J connectivity index is -0.0000000886. The van der Waals surface area contributed by atoms with Gasteiger partial charge in [-0.2, -0.15) is 0 Å². The molecule has 0 aromatic rings. The SMILES string of the molecule is CCCO.CCCO.CCO. The van der Waals surface area contributed by atoms with Crippen LogP contribution in [-0.4, -0.2) is 35.1 Å². The highest BCUT2D eigenvalue weighted by molar-refractivity contribution is 4.10. The second-order valence-electron chi connectivity index (χ2n) is 1.76. The van der Waals surface area contributed by atoms with Crippen molar-refractivity contribution in [3.05, 3.63) is 0 Å². The lowest BCUT2D eigenvalue weighted by atomic mass is 10.5. The van der Waals surface area contributed by atoms with E-state index in [2.05, 4.69) is 0 Å². The summed E-state index contributed by atoms with van der Waals surface area (Å²) in [5.41, 5.74) is 0. The van der Waals surface area contributed by atoms with Crippen LogP contribution in [0.4, 0.5) is 0 Å². The average molecular weight is 166 g/mol. The van der Waals surface area contributed by atoms with Gasteiger partial charge in [0.25, 0.3) is 0 Å². The molecule has 3 N–H and O–H groups in total. The van der Waals surface area contributed by atoms with E-state index in [1.54, 1.807) is 6.92 Å². The van der Waals surface area contributed by atoms with Gasteiger partial charge in [0.05, 0.1) is 0 Å². The summed E-state index contributed by atoms with van der Waals surface area (Å²) < 4.78 is 0. The van der Waals surface area contributed by atoms with Gasteiger partial charge >= 0.3 is 0 Å². The van der Waals surface area contributed by atoms with Gasteiger partial charge in [-0.15, -0.1) is 0 Å². The maximum Gasteiger partial charge on any atom is 0.0428 e. The van der Waals surface area contributed by atoms with Gasteiger partial charge < -0.3 is 15.3 Å². The summed E-state index contributed by atoms with van der Waals surface area (Å²) in [5.74, 6) is 0. The molecule has 0 aliphatic rings. The van der Waals surface area contributed by atoms with Crippen LogP contribution in [-0.2, 0) is 0 Å². The zero-order valence-corrected chi connectivity index (χ0v) is 7.88. The minimum Gasteiger partial charge on any atom is -0.397 e. The molecule has 0 radical (unpaired) electrons. The largest absolute Gasteiger partial charge is 0.397 e. The first-order valence-electron chi connectivity index (χ1n) is 4.07. The standard InChI is InChI=1S/2C3H8O.C2H6O/c2*1-2-3-4;1-2-3/h2*4H,2-3H2,1H3;3H,2H2,1H3. The number of aliphatic hydroxyl groups is 3. The van der Waals surface area contributed by atoms with Crippen LogP contribution in [0.2, 0.25) is 0 Å². The molecule has 72 valence electrons. The lowest BCUT2D eigenvalue weighted by Crippen LogP contribution is -1.69. The van der Waals surface area contributed by atoms with Gasteiger partial charge in [0.15, 0.2) is 0 Å². The Hall–Kier alpha value is -0.120. The predicted octanol–water partition coefficient (Wildman–Crippen LogP) is 0.776. The van der Waals surface area contributed by atoms with Gasteiger partial charge in [-0.05, 0) is 19.8 Å². The molecule has 11 heavy (non-hydrogen) atoms. The number of aliphatic hydroxyl groups excluding tert-OH is 3. The monoisotopic (exact) mass is 166 g/mol. The van der Waals surface area contributed by atoms with E-state index in [1.165, 1.54) is 0 Å². The molecule has 0 aromatic carbocycles. The van der Waals surface area contributed by atoms with Gasteiger partial charge in [0.1, 0.15) is 0 Å². The smallest absolute Gasteiger partial charge is 0.0428 e. The number of hydrogen-bond donors (Lipinski definition) is 3. The topological polar surface area (TPSA) is 60.7 Å². The van der Waals surface area contributed by atoms with E-state index in [0.717, 1.165) is 12.8 Å². The van der Waals surface area contributed by atoms with Crippen LogP contribution in [0.5, 0.6) is 0 Å². The van der Waals surface area contributed by atoms with Crippen molar-refractivity contribution in [3.8, 4) is 0 Å². The van der Waals surface area contributed by atoms with Crippen LogP contribution >= 0.6 is 0 Å². The molecular formula is C8H22O3. The van der Waals surface area contributed by atoms with Crippen molar-refractivity contribution < 1.29 is 15.3 Å². The van der Waals surface area contributed by atoms with Crippen LogP contribution in [0.1, 0.15) is 33.6 Å². The van der Waals surface area contributed by atoms with Crippen molar-refractivity contribution in [3.63, 3.8) is 0 Å². The molecular weight excluding hydrogens is 144 g/mol. The van der Waals surface area contributed by atoms with Crippen molar-refractivity contribution in [1.82, 2.24) is 0 Å². The molecule has 3 nitrogen and oxygen atoms in total. The molecule has 0 rings (SSSR count). The Morgan fingerprint density at radius 1 is 0.727 bits per heavy atom. The molecule has 0 unspecified atom stereocenters. The molecule has 0 heterocycles. The first-order valence-corrected chi connectivity index (χ1v) is 4.07. The summed E-state index contributed by atoms with van der Waals surface area (Å²) in [6.07, 6.45) is 1.75. The molecule has 0 aromatic heterocycles. The summed E-state index contributed by atoms with van der Waals surface area (Å²) >= 11 is 0. The van der Waals surface area contributed by atoms with Crippen molar-refractivity contribution in [2.24, 2.45) is 0 Å². The summed E-state index contributed by atoms with van der Waals surface area (Å²) in [4.78, 5) is 0. The quantitative estimate of drug-likeness (QED) is 0.568. The Labute approximate surface area is 69.7 Å². The van der Waals surface area contributed by atoms with Gasteiger partial charge in [-0.3, -0.25) is 0 Å². The zero-order valence-electron chi connectivity index (χ0n) is 7.88. The Kier molecular flexibility index (Phi) is 50.9. The van der Waals surface area contributed by atoms with Crippen molar-refractivity contribution in [1.29, 1.82) is 0 Å². The van der Waals surface area contributed by atoms with Crippen molar-refractivity contribution >= 4 is 0 Å². The summed E-state index contributed by atoms with van der Waals surface area (Å²) in [5, 5.41) is 23.3. The normalized spacial score (nSPS) is 7.09. The Bertz CT molecular complexity index is 24.5. The second-order valence-corrected chi connectivity index (χ2v) is 1.76. The van der Waals surface area contributed by atoms with E-state index < -0.39 is 0 Å². The Morgan fingerprint density at radius 3 is 0.818 bits per heavy atom. The van der Waals surface area contributed by atoms with Crippen LogP contribution in [0.25, 0.3) is 0 Å². The molecule has 0 bridgehead atoms. The van der Waals surface area contributed by atoms with E-state index in [4.69, 9.17) is 15.3 Å². The molecule has 0 saturated carbocycles. The first kappa shape index (κ1) is 17.1. The van der Waals surface area contributed by atoms with Crippen molar-refractivity contribution in [2.75, 3.05) is 19.8 Å². The third-order valence-electron chi connectivity index (χ3n) is 0.447. The minimum absolute atomic E-state index is 0.250. The van der Waals surface area contributed by atoms with Gasteiger partial charge in [-0.25, -0.2) is 0 Å². The molecule has 0 saturated heterocycles. The Morgan fingerprint density at radius 2 is 0.818 bits per heavy atom. The lowest BCUT2D eigenvalue weighted by Gasteiger charge is -1.69. The average Bonchev–Trinajstić information content (AvgIpc) is 2.06. The van der Waals surface area contributed by atoms with Crippen LogP contribution in [0.15, 0.2) is 0 Å². The first-order chi connectivity index (χ1) is 5.24. The molecule has 0 aliphatic heterocycles. The fraction of sp³-hybridized carbons (Fsp3) is 1.00. The number of rotatable bonds is 2. The zero-order chi connectivity index (χ0) is 9.54. The lowest BCUT2D eigenvalue weighted by molar-refractivity contribution is 0.294. The highest BCUT2D eigenvalue weighted by Crippen LogP contribution is 1.61. The van der Waals surface area contributed by atoms with Crippen LogP contribution in [0.3, 0.4) is 0 Å². The summed E-state index contributed by atoms with van der Waals surface area (Å²) in [7, 11) is 0. The number of hydrogen-bond acceptors (Lipinski definition) is 3. The van der Waals surface area contributed by atoms with E-state index in [-0.39, 0.29) is 6.61 Å². The van der Waals surface area contributed by atoms with Crippen LogP contribution in [0, 0.1) is 0 Å². The highest BCUT2D eigenvalue weighted by atomic mass is 16.3. The van der Waals surface area contributed by atoms with E-state index in [9.17, 15) is 0 Å². The molecule has 0 aliphatic carbocycles. The third-order valence-corrected chi connectivity index (χ3v) is 0.447. The van der Waals surface area contributed by atoms with E-state index in [0.29, 0.717) is 13.2 Å². The molecule has 0 amide bonds. The summed E-state index contributed by atoms with van der Waals surface area (Å²) in [6.45, 7) is 6.43. The highest BCUT2D eigenvalue weighted by Gasteiger charge is 1.57. The predicted molar refractivity (Wildman–Crippen MR) is 47.5 cm³/mol.